The Morgan fingerprint density at radius 1 is 0.979 bits per heavy atom. The second kappa shape index (κ2) is 13.8. The molecular formula is C34H36F3N9O. The Bertz CT molecular complexity index is 1820. The molecule has 2 aromatic heterocycles. The molecule has 1 aliphatic heterocycles. The topological polar surface area (TPSA) is 105 Å². The van der Waals surface area contributed by atoms with E-state index in [2.05, 4.69) is 42.4 Å². The number of amides is 1. The number of aromatic amines is 1. The SMILES string of the molecule is Cc1ccc(NC(=O)c2cccc(C(F)(F)F)c2)cc1N(c1cc(NCCCN2CCN(C)CC2)ncn1)c1nc2ccccc2[nH]1. The van der Waals surface area contributed by atoms with Gasteiger partial charge in [-0.2, -0.15) is 13.2 Å². The first-order valence-corrected chi connectivity index (χ1v) is 15.4. The van der Waals surface area contributed by atoms with Crippen LogP contribution in [0.25, 0.3) is 11.0 Å². The molecule has 3 aromatic carbocycles. The molecule has 0 aliphatic carbocycles. The zero-order valence-electron chi connectivity index (χ0n) is 26.2. The molecule has 47 heavy (non-hydrogen) atoms. The lowest BCUT2D eigenvalue weighted by molar-refractivity contribution is -0.137. The molecule has 1 aliphatic rings. The minimum atomic E-state index is -4.56. The van der Waals surface area contributed by atoms with Crippen LogP contribution in [0.4, 0.5) is 42.1 Å². The summed E-state index contributed by atoms with van der Waals surface area (Å²) in [6.07, 6.45) is -2.11. The smallest absolute Gasteiger partial charge is 0.370 e. The number of nitrogens with zero attached hydrogens (tertiary/aromatic N) is 6. The number of H-pyrrole nitrogens is 1. The Morgan fingerprint density at radius 3 is 2.57 bits per heavy atom. The molecule has 0 unspecified atom stereocenters. The van der Waals surface area contributed by atoms with E-state index in [1.165, 1.54) is 18.5 Å². The molecule has 0 radical (unpaired) electrons. The van der Waals surface area contributed by atoms with Gasteiger partial charge < -0.3 is 25.4 Å². The monoisotopic (exact) mass is 643 g/mol. The summed E-state index contributed by atoms with van der Waals surface area (Å²) in [6, 6.07) is 19.1. The molecule has 6 rings (SSSR count). The van der Waals surface area contributed by atoms with E-state index >= 15 is 0 Å². The second-order valence-corrected chi connectivity index (χ2v) is 11.6. The summed E-state index contributed by atoms with van der Waals surface area (Å²) in [5.74, 6) is 1.02. The predicted molar refractivity (Wildman–Crippen MR) is 178 cm³/mol. The number of imidazole rings is 1. The number of carbonyl (C=O) groups excluding carboxylic acids is 1. The van der Waals surface area contributed by atoms with Crippen LogP contribution in [0.1, 0.15) is 27.9 Å². The third-order valence-electron chi connectivity index (χ3n) is 8.18. The van der Waals surface area contributed by atoms with Crippen molar-refractivity contribution in [2.24, 2.45) is 0 Å². The number of para-hydroxylation sites is 2. The molecular weight excluding hydrogens is 607 g/mol. The van der Waals surface area contributed by atoms with Crippen LogP contribution in [-0.2, 0) is 6.18 Å². The molecule has 0 bridgehead atoms. The van der Waals surface area contributed by atoms with Crippen LogP contribution in [0.2, 0.25) is 0 Å². The van der Waals surface area contributed by atoms with E-state index in [1.807, 2.05) is 48.2 Å². The van der Waals surface area contributed by atoms with E-state index < -0.39 is 17.6 Å². The number of fused-ring (bicyclic) bond motifs is 1. The Morgan fingerprint density at radius 2 is 1.79 bits per heavy atom. The summed E-state index contributed by atoms with van der Waals surface area (Å²) in [7, 11) is 2.15. The number of hydrogen-bond acceptors (Lipinski definition) is 8. The number of rotatable bonds is 10. The summed E-state index contributed by atoms with van der Waals surface area (Å²) >= 11 is 0. The number of nitrogens with one attached hydrogen (secondary N) is 3. The molecule has 244 valence electrons. The van der Waals surface area contributed by atoms with Gasteiger partial charge in [-0.15, -0.1) is 0 Å². The zero-order valence-corrected chi connectivity index (χ0v) is 26.2. The maximum absolute atomic E-state index is 13.3. The van der Waals surface area contributed by atoms with Gasteiger partial charge in [0.1, 0.15) is 18.0 Å². The highest BCUT2D eigenvalue weighted by Gasteiger charge is 2.31. The molecule has 1 saturated heterocycles. The quantitative estimate of drug-likeness (QED) is 0.149. The van der Waals surface area contributed by atoms with Gasteiger partial charge in [0.15, 0.2) is 0 Å². The number of hydrogen-bond donors (Lipinski definition) is 3. The highest BCUT2D eigenvalue weighted by atomic mass is 19.4. The van der Waals surface area contributed by atoms with Gasteiger partial charge in [0.05, 0.1) is 22.3 Å². The zero-order chi connectivity index (χ0) is 33.0. The molecule has 0 saturated carbocycles. The minimum Gasteiger partial charge on any atom is -0.370 e. The van der Waals surface area contributed by atoms with Crippen LogP contribution in [-0.4, -0.2) is 82.0 Å². The largest absolute Gasteiger partial charge is 0.416 e. The van der Waals surface area contributed by atoms with Crippen LogP contribution in [0.15, 0.2) is 79.1 Å². The summed E-state index contributed by atoms with van der Waals surface area (Å²) in [4.78, 5) is 36.9. The van der Waals surface area contributed by atoms with Crippen LogP contribution < -0.4 is 15.5 Å². The van der Waals surface area contributed by atoms with Gasteiger partial charge in [0, 0.05) is 50.0 Å². The Kier molecular flexibility index (Phi) is 9.36. The van der Waals surface area contributed by atoms with Crippen LogP contribution in [0.3, 0.4) is 0 Å². The van der Waals surface area contributed by atoms with Crippen molar-refractivity contribution in [3.05, 3.63) is 95.8 Å². The first-order valence-electron chi connectivity index (χ1n) is 15.4. The normalized spacial score (nSPS) is 14.3. The summed E-state index contributed by atoms with van der Waals surface area (Å²) in [5.41, 5.74) is 2.50. The van der Waals surface area contributed by atoms with Crippen molar-refractivity contribution < 1.29 is 18.0 Å². The Labute approximate surface area is 270 Å². The maximum atomic E-state index is 13.3. The summed E-state index contributed by atoms with van der Waals surface area (Å²) < 4.78 is 39.9. The summed E-state index contributed by atoms with van der Waals surface area (Å²) in [5, 5.41) is 6.17. The second-order valence-electron chi connectivity index (χ2n) is 11.6. The fourth-order valence-corrected chi connectivity index (χ4v) is 5.52. The van der Waals surface area contributed by atoms with Gasteiger partial charge >= 0.3 is 6.18 Å². The average molecular weight is 644 g/mol. The molecule has 1 amide bonds. The van der Waals surface area contributed by atoms with Crippen molar-refractivity contribution in [2.75, 3.05) is 61.8 Å². The number of aromatic nitrogens is 4. The number of carbonyl (C=O) groups is 1. The number of halogens is 3. The van der Waals surface area contributed by atoms with Crippen molar-refractivity contribution in [3.63, 3.8) is 0 Å². The standard InChI is InChI=1S/C34H36F3N9O/c1-23-11-12-26(41-32(47)24-7-5-8-25(19-24)34(35,36)37)20-29(23)46(33-42-27-9-3-4-10-28(27)43-33)31-21-30(39-22-40-31)38-13-6-14-45-17-15-44(2)16-18-45/h3-5,7-12,19-22H,6,13-18H2,1-2H3,(H,41,47)(H,42,43)(H,38,39,40). The number of likely N-dealkylation sites (N-methyl/N-ethyl adjacent to an activating group) is 1. The molecule has 3 N–H and O–H groups in total. The first kappa shape index (κ1) is 32.0. The number of alkyl halides is 3. The molecule has 0 spiro atoms. The van der Waals surface area contributed by atoms with E-state index in [0.717, 1.165) is 74.4 Å². The molecule has 0 atom stereocenters. The Balaban J connectivity index is 1.27. The number of benzene rings is 3. The molecule has 13 heteroatoms. The fourth-order valence-electron chi connectivity index (χ4n) is 5.52. The van der Waals surface area contributed by atoms with Crippen LogP contribution in [0.5, 0.6) is 0 Å². The van der Waals surface area contributed by atoms with Gasteiger partial charge in [0.25, 0.3) is 5.91 Å². The van der Waals surface area contributed by atoms with E-state index in [4.69, 9.17) is 4.98 Å². The van der Waals surface area contributed by atoms with Crippen molar-refractivity contribution in [2.45, 2.75) is 19.5 Å². The van der Waals surface area contributed by atoms with Crippen LogP contribution >= 0.6 is 0 Å². The van der Waals surface area contributed by atoms with Crippen molar-refractivity contribution >= 4 is 45.9 Å². The van der Waals surface area contributed by atoms with Gasteiger partial charge in [-0.25, -0.2) is 15.0 Å². The van der Waals surface area contributed by atoms with E-state index in [1.54, 1.807) is 12.1 Å². The third-order valence-corrected chi connectivity index (χ3v) is 8.18. The first-order chi connectivity index (χ1) is 22.6. The van der Waals surface area contributed by atoms with Gasteiger partial charge in [-0.1, -0.05) is 24.3 Å². The predicted octanol–water partition coefficient (Wildman–Crippen LogP) is 6.45. The number of aryl methyl sites for hydroxylation is 1. The van der Waals surface area contributed by atoms with Gasteiger partial charge in [0.2, 0.25) is 5.95 Å². The summed E-state index contributed by atoms with van der Waals surface area (Å²) in [6.45, 7) is 7.96. The highest BCUT2D eigenvalue weighted by Crippen LogP contribution is 2.37. The highest BCUT2D eigenvalue weighted by molar-refractivity contribution is 6.04. The van der Waals surface area contributed by atoms with Crippen molar-refractivity contribution in [1.82, 2.24) is 29.7 Å². The molecule has 10 nitrogen and oxygen atoms in total. The van der Waals surface area contributed by atoms with Crippen molar-refractivity contribution in [3.8, 4) is 0 Å². The number of anilines is 5. The van der Waals surface area contributed by atoms with Gasteiger partial charge in [-0.05, 0) is 75.0 Å². The van der Waals surface area contributed by atoms with E-state index in [9.17, 15) is 18.0 Å². The third kappa shape index (κ3) is 7.69. The minimum absolute atomic E-state index is 0.102. The van der Waals surface area contributed by atoms with E-state index in [0.29, 0.717) is 29.0 Å². The average Bonchev–Trinajstić information content (AvgIpc) is 3.49. The molecule has 5 aromatic rings. The Hall–Kier alpha value is -5.01. The van der Waals surface area contributed by atoms with Gasteiger partial charge in [-0.3, -0.25) is 9.69 Å². The van der Waals surface area contributed by atoms with E-state index in [-0.39, 0.29) is 5.56 Å². The lowest BCUT2D eigenvalue weighted by atomic mass is 10.1. The lowest BCUT2D eigenvalue weighted by Crippen LogP contribution is -2.44. The molecule has 1 fully saturated rings. The number of piperazine rings is 1. The molecule has 3 heterocycles. The fraction of sp³-hybridized carbons (Fsp3) is 0.294. The van der Waals surface area contributed by atoms with Crippen molar-refractivity contribution in [1.29, 1.82) is 0 Å². The van der Waals surface area contributed by atoms with Crippen LogP contribution in [0, 0.1) is 6.92 Å². The maximum Gasteiger partial charge on any atom is 0.416 e. The lowest BCUT2D eigenvalue weighted by Gasteiger charge is -2.32.